The number of ether oxygens (including phenoxy) is 1. The summed E-state index contributed by atoms with van der Waals surface area (Å²) in [5.41, 5.74) is 1.41. The molecule has 1 N–H and O–H groups in total. The highest BCUT2D eigenvalue weighted by Crippen LogP contribution is 2.43. The zero-order chi connectivity index (χ0) is 12.3. The average Bonchev–Trinajstić information content (AvgIpc) is 2.26. The fraction of sp³-hybridized carbons (Fsp3) is 0.571. The molecule has 94 valence electrons. The van der Waals surface area contributed by atoms with Gasteiger partial charge in [0.25, 0.3) is 0 Å². The third kappa shape index (κ3) is 2.60. The Kier molecular flexibility index (Phi) is 3.67. The van der Waals surface area contributed by atoms with E-state index in [0.29, 0.717) is 11.2 Å². The summed E-state index contributed by atoms with van der Waals surface area (Å²) in [6.45, 7) is 1.01. The highest BCUT2D eigenvalue weighted by molar-refractivity contribution is 5.30. The summed E-state index contributed by atoms with van der Waals surface area (Å²) < 4.78 is 18.5. The molecule has 1 aliphatic rings. The molecule has 1 aromatic rings. The van der Waals surface area contributed by atoms with Crippen LogP contribution < -0.4 is 10.1 Å². The molecule has 1 aliphatic carbocycles. The first-order valence-corrected chi connectivity index (χ1v) is 6.16. The van der Waals surface area contributed by atoms with E-state index in [0.717, 1.165) is 18.5 Å². The van der Waals surface area contributed by atoms with E-state index < -0.39 is 0 Å². The number of methoxy groups -OCH3 is 1. The van der Waals surface area contributed by atoms with E-state index in [-0.39, 0.29) is 5.82 Å². The van der Waals surface area contributed by atoms with Crippen LogP contribution in [-0.2, 0) is 6.42 Å². The topological polar surface area (TPSA) is 21.3 Å². The summed E-state index contributed by atoms with van der Waals surface area (Å²) >= 11 is 0. The van der Waals surface area contributed by atoms with Gasteiger partial charge in [0.1, 0.15) is 0 Å². The molecule has 2 rings (SSSR count). The maximum absolute atomic E-state index is 13.6. The van der Waals surface area contributed by atoms with Gasteiger partial charge in [-0.15, -0.1) is 0 Å². The standard InChI is InChI=1S/C14H20FNO/c1-16-10-14(6-3-7-14)9-11-4-5-13(17-2)12(15)8-11/h4-5,8,16H,3,6-7,9-10H2,1-2H3. The Labute approximate surface area is 102 Å². The van der Waals surface area contributed by atoms with E-state index in [9.17, 15) is 4.39 Å². The SMILES string of the molecule is CNCC1(Cc2ccc(OC)c(F)c2)CCC1. The summed E-state index contributed by atoms with van der Waals surface area (Å²) in [6, 6.07) is 5.29. The Balaban J connectivity index is 2.10. The van der Waals surface area contributed by atoms with Gasteiger partial charge >= 0.3 is 0 Å². The van der Waals surface area contributed by atoms with Crippen molar-refractivity contribution in [2.24, 2.45) is 5.41 Å². The van der Waals surface area contributed by atoms with Crippen molar-refractivity contribution >= 4 is 0 Å². The zero-order valence-electron chi connectivity index (χ0n) is 10.6. The van der Waals surface area contributed by atoms with Crippen LogP contribution in [0.3, 0.4) is 0 Å². The highest BCUT2D eigenvalue weighted by atomic mass is 19.1. The number of hydrogen-bond acceptors (Lipinski definition) is 2. The van der Waals surface area contributed by atoms with Gasteiger partial charge in [-0.2, -0.15) is 0 Å². The Morgan fingerprint density at radius 1 is 1.41 bits per heavy atom. The monoisotopic (exact) mass is 237 g/mol. The van der Waals surface area contributed by atoms with Gasteiger partial charge in [-0.1, -0.05) is 12.5 Å². The third-order valence-corrected chi connectivity index (χ3v) is 3.76. The Bertz CT molecular complexity index is 388. The normalized spacial score (nSPS) is 17.6. The Morgan fingerprint density at radius 2 is 2.18 bits per heavy atom. The maximum Gasteiger partial charge on any atom is 0.165 e. The van der Waals surface area contributed by atoms with E-state index >= 15 is 0 Å². The molecular weight excluding hydrogens is 217 g/mol. The van der Waals surface area contributed by atoms with Crippen LogP contribution in [0.2, 0.25) is 0 Å². The average molecular weight is 237 g/mol. The molecule has 0 unspecified atom stereocenters. The summed E-state index contributed by atoms with van der Waals surface area (Å²) in [5.74, 6) is 0.0638. The summed E-state index contributed by atoms with van der Waals surface area (Å²) in [7, 11) is 3.47. The summed E-state index contributed by atoms with van der Waals surface area (Å²) in [6.07, 6.45) is 4.72. The van der Waals surface area contributed by atoms with Crippen molar-refractivity contribution in [3.8, 4) is 5.75 Å². The quantitative estimate of drug-likeness (QED) is 0.850. The van der Waals surface area contributed by atoms with Gasteiger partial charge in [0.05, 0.1) is 7.11 Å². The summed E-state index contributed by atoms with van der Waals surface area (Å²) in [5, 5.41) is 3.25. The van der Waals surface area contributed by atoms with Crippen molar-refractivity contribution in [1.29, 1.82) is 0 Å². The molecule has 17 heavy (non-hydrogen) atoms. The second-order valence-electron chi connectivity index (χ2n) is 5.03. The van der Waals surface area contributed by atoms with E-state index in [1.165, 1.54) is 26.4 Å². The van der Waals surface area contributed by atoms with Crippen molar-refractivity contribution in [1.82, 2.24) is 5.32 Å². The largest absolute Gasteiger partial charge is 0.494 e. The molecule has 0 heterocycles. The predicted molar refractivity (Wildman–Crippen MR) is 66.9 cm³/mol. The van der Waals surface area contributed by atoms with Gasteiger partial charge < -0.3 is 10.1 Å². The fourth-order valence-electron chi connectivity index (χ4n) is 2.72. The molecule has 0 amide bonds. The Hall–Kier alpha value is -1.09. The molecule has 1 fully saturated rings. The molecule has 2 nitrogen and oxygen atoms in total. The van der Waals surface area contributed by atoms with E-state index in [4.69, 9.17) is 4.74 Å². The number of nitrogens with one attached hydrogen (secondary N) is 1. The third-order valence-electron chi connectivity index (χ3n) is 3.76. The van der Waals surface area contributed by atoms with Crippen molar-refractivity contribution in [2.45, 2.75) is 25.7 Å². The lowest BCUT2D eigenvalue weighted by Crippen LogP contribution is -2.40. The maximum atomic E-state index is 13.6. The minimum atomic E-state index is -0.260. The van der Waals surface area contributed by atoms with Gasteiger partial charge in [0.2, 0.25) is 0 Å². The van der Waals surface area contributed by atoms with E-state index in [2.05, 4.69) is 5.32 Å². The molecule has 0 atom stereocenters. The lowest BCUT2D eigenvalue weighted by molar-refractivity contribution is 0.133. The second kappa shape index (κ2) is 5.05. The summed E-state index contributed by atoms with van der Waals surface area (Å²) in [4.78, 5) is 0. The predicted octanol–water partition coefficient (Wildman–Crippen LogP) is 2.77. The molecular formula is C14H20FNO. The van der Waals surface area contributed by atoms with Crippen LogP contribution in [0.1, 0.15) is 24.8 Å². The number of benzene rings is 1. The lowest BCUT2D eigenvalue weighted by atomic mass is 9.65. The molecule has 0 saturated heterocycles. The van der Waals surface area contributed by atoms with E-state index in [1.807, 2.05) is 13.1 Å². The smallest absolute Gasteiger partial charge is 0.165 e. The van der Waals surface area contributed by atoms with Crippen molar-refractivity contribution < 1.29 is 9.13 Å². The first-order chi connectivity index (χ1) is 8.19. The van der Waals surface area contributed by atoms with Gasteiger partial charge in [-0.05, 0) is 49.4 Å². The first-order valence-electron chi connectivity index (χ1n) is 6.16. The lowest BCUT2D eigenvalue weighted by Gasteiger charge is -2.42. The van der Waals surface area contributed by atoms with Crippen LogP contribution in [0.25, 0.3) is 0 Å². The number of halogens is 1. The first kappa shape index (κ1) is 12.4. The van der Waals surface area contributed by atoms with Crippen molar-refractivity contribution in [2.75, 3.05) is 20.7 Å². The van der Waals surface area contributed by atoms with Crippen LogP contribution >= 0.6 is 0 Å². The molecule has 0 aromatic heterocycles. The van der Waals surface area contributed by atoms with Crippen LogP contribution in [0, 0.1) is 11.2 Å². The van der Waals surface area contributed by atoms with Crippen LogP contribution in [-0.4, -0.2) is 20.7 Å². The molecule has 1 saturated carbocycles. The fourth-order valence-corrected chi connectivity index (χ4v) is 2.72. The number of rotatable bonds is 5. The molecule has 0 aliphatic heterocycles. The van der Waals surface area contributed by atoms with Crippen LogP contribution in [0.5, 0.6) is 5.75 Å². The van der Waals surface area contributed by atoms with E-state index in [1.54, 1.807) is 12.1 Å². The minimum absolute atomic E-state index is 0.260. The van der Waals surface area contributed by atoms with Gasteiger partial charge in [-0.3, -0.25) is 0 Å². The molecule has 0 radical (unpaired) electrons. The molecule has 0 bridgehead atoms. The molecule has 1 aromatic carbocycles. The van der Waals surface area contributed by atoms with Crippen LogP contribution in [0.15, 0.2) is 18.2 Å². The Morgan fingerprint density at radius 3 is 2.65 bits per heavy atom. The molecule has 3 heteroatoms. The highest BCUT2D eigenvalue weighted by Gasteiger charge is 2.36. The molecule has 0 spiro atoms. The second-order valence-corrected chi connectivity index (χ2v) is 5.03. The van der Waals surface area contributed by atoms with Crippen molar-refractivity contribution in [3.05, 3.63) is 29.6 Å². The van der Waals surface area contributed by atoms with Gasteiger partial charge in [0, 0.05) is 6.54 Å². The number of hydrogen-bond donors (Lipinski definition) is 1. The minimum Gasteiger partial charge on any atom is -0.494 e. The van der Waals surface area contributed by atoms with Gasteiger partial charge in [-0.25, -0.2) is 4.39 Å². The van der Waals surface area contributed by atoms with Crippen LogP contribution in [0.4, 0.5) is 4.39 Å². The van der Waals surface area contributed by atoms with Gasteiger partial charge in [0.15, 0.2) is 11.6 Å². The zero-order valence-corrected chi connectivity index (χ0v) is 10.6. The van der Waals surface area contributed by atoms with Crippen molar-refractivity contribution in [3.63, 3.8) is 0 Å².